The van der Waals surface area contributed by atoms with Crippen molar-refractivity contribution in [1.82, 2.24) is 10.1 Å². The van der Waals surface area contributed by atoms with Gasteiger partial charge in [-0.2, -0.15) is 4.98 Å². The minimum absolute atomic E-state index is 0.0744. The molecule has 1 heterocycles. The van der Waals surface area contributed by atoms with Crippen LogP contribution in [0.5, 0.6) is 11.5 Å². The highest BCUT2D eigenvalue weighted by Gasteiger charge is 2.13. The van der Waals surface area contributed by atoms with Crippen molar-refractivity contribution in [2.24, 2.45) is 0 Å². The molecule has 0 atom stereocenters. The first-order valence-electron chi connectivity index (χ1n) is 7.58. The van der Waals surface area contributed by atoms with Gasteiger partial charge in [-0.3, -0.25) is 0 Å². The van der Waals surface area contributed by atoms with Crippen molar-refractivity contribution in [2.75, 3.05) is 14.2 Å². The van der Waals surface area contributed by atoms with Gasteiger partial charge in [-0.1, -0.05) is 16.8 Å². The topological polar surface area (TPSA) is 83.7 Å². The van der Waals surface area contributed by atoms with Crippen LogP contribution in [0.25, 0.3) is 11.5 Å². The lowest BCUT2D eigenvalue weighted by Gasteiger charge is -2.10. The Morgan fingerprint density at radius 2 is 1.88 bits per heavy atom. The fourth-order valence-corrected chi connectivity index (χ4v) is 2.32. The number of ether oxygens (including phenoxy) is 3. The molecule has 2 aromatic carbocycles. The first-order chi connectivity index (χ1) is 12.6. The molecule has 8 heteroatoms. The summed E-state index contributed by atoms with van der Waals surface area (Å²) < 4.78 is 20.8. The van der Waals surface area contributed by atoms with Gasteiger partial charge in [-0.25, -0.2) is 4.79 Å². The van der Waals surface area contributed by atoms with Crippen LogP contribution in [-0.2, 0) is 11.3 Å². The van der Waals surface area contributed by atoms with Crippen LogP contribution >= 0.6 is 11.6 Å². The third kappa shape index (κ3) is 3.94. The van der Waals surface area contributed by atoms with Crippen LogP contribution in [0.4, 0.5) is 0 Å². The Morgan fingerprint density at radius 3 is 2.58 bits per heavy atom. The number of halogens is 1. The van der Waals surface area contributed by atoms with Gasteiger partial charge in [0.25, 0.3) is 5.89 Å². The van der Waals surface area contributed by atoms with Crippen LogP contribution < -0.4 is 9.47 Å². The molecule has 7 nitrogen and oxygen atoms in total. The van der Waals surface area contributed by atoms with E-state index in [1.54, 1.807) is 36.4 Å². The molecular weight excluding hydrogens is 360 g/mol. The summed E-state index contributed by atoms with van der Waals surface area (Å²) in [5, 5.41) is 4.51. The van der Waals surface area contributed by atoms with Gasteiger partial charge in [-0.05, 0) is 42.5 Å². The zero-order chi connectivity index (χ0) is 18.5. The number of nitrogens with zero attached hydrogens (tertiary/aromatic N) is 2. The molecular formula is C18H15ClN2O5. The maximum absolute atomic E-state index is 11.6. The Labute approximate surface area is 154 Å². The predicted octanol–water partition coefficient (Wildman–Crippen LogP) is 3.76. The average Bonchev–Trinajstić information content (AvgIpc) is 3.15. The van der Waals surface area contributed by atoms with Crippen molar-refractivity contribution in [1.29, 1.82) is 0 Å². The molecule has 0 saturated carbocycles. The molecule has 26 heavy (non-hydrogen) atoms. The number of aromatic nitrogens is 2. The SMILES string of the molecule is COC(=O)c1ccc(OCc2noc(-c3ccc(Cl)cc3)n2)c(OC)c1. The van der Waals surface area contributed by atoms with E-state index in [1.165, 1.54) is 20.3 Å². The third-order valence-corrected chi connectivity index (χ3v) is 3.75. The van der Waals surface area contributed by atoms with Crippen LogP contribution in [0, 0.1) is 0 Å². The van der Waals surface area contributed by atoms with E-state index < -0.39 is 5.97 Å². The van der Waals surface area contributed by atoms with Gasteiger partial charge >= 0.3 is 5.97 Å². The molecule has 0 fully saturated rings. The normalized spacial score (nSPS) is 10.4. The highest BCUT2D eigenvalue weighted by Crippen LogP contribution is 2.29. The molecule has 1 aromatic heterocycles. The van der Waals surface area contributed by atoms with Gasteiger partial charge in [0, 0.05) is 10.6 Å². The van der Waals surface area contributed by atoms with Crippen LogP contribution in [0.15, 0.2) is 47.0 Å². The maximum Gasteiger partial charge on any atom is 0.337 e. The maximum atomic E-state index is 11.6. The molecule has 0 aliphatic heterocycles. The van der Waals surface area contributed by atoms with Gasteiger partial charge in [0.15, 0.2) is 18.1 Å². The Balaban J connectivity index is 1.71. The van der Waals surface area contributed by atoms with Gasteiger partial charge in [0.1, 0.15) is 0 Å². The highest BCUT2D eigenvalue weighted by molar-refractivity contribution is 6.30. The summed E-state index contributed by atoms with van der Waals surface area (Å²) in [7, 11) is 2.80. The molecule has 0 saturated heterocycles. The Morgan fingerprint density at radius 1 is 1.12 bits per heavy atom. The van der Waals surface area contributed by atoms with Gasteiger partial charge < -0.3 is 18.7 Å². The molecule has 0 N–H and O–H groups in total. The number of hydrogen-bond acceptors (Lipinski definition) is 7. The highest BCUT2D eigenvalue weighted by atomic mass is 35.5. The summed E-state index contributed by atoms with van der Waals surface area (Å²) in [6.45, 7) is 0.0744. The lowest BCUT2D eigenvalue weighted by molar-refractivity contribution is 0.0600. The number of carbonyl (C=O) groups excluding carboxylic acids is 1. The van der Waals surface area contributed by atoms with E-state index in [2.05, 4.69) is 14.9 Å². The van der Waals surface area contributed by atoms with E-state index in [4.69, 9.17) is 25.6 Å². The van der Waals surface area contributed by atoms with E-state index in [9.17, 15) is 4.79 Å². The van der Waals surface area contributed by atoms with E-state index in [-0.39, 0.29) is 6.61 Å². The summed E-state index contributed by atoms with van der Waals surface area (Å²) in [5.74, 6) is 1.12. The Kier molecular flexibility index (Phi) is 5.38. The fourth-order valence-electron chi connectivity index (χ4n) is 2.20. The van der Waals surface area contributed by atoms with Crippen molar-refractivity contribution in [3.63, 3.8) is 0 Å². The lowest BCUT2D eigenvalue weighted by atomic mass is 10.2. The molecule has 0 unspecified atom stereocenters. The second-order valence-electron chi connectivity index (χ2n) is 5.17. The molecule has 0 bridgehead atoms. The lowest BCUT2D eigenvalue weighted by Crippen LogP contribution is -2.03. The smallest absolute Gasteiger partial charge is 0.337 e. The third-order valence-electron chi connectivity index (χ3n) is 3.50. The number of methoxy groups -OCH3 is 2. The first kappa shape index (κ1) is 17.8. The largest absolute Gasteiger partial charge is 0.493 e. The second-order valence-corrected chi connectivity index (χ2v) is 5.60. The molecule has 0 spiro atoms. The Bertz CT molecular complexity index is 908. The van der Waals surface area contributed by atoms with Crippen LogP contribution in [0.2, 0.25) is 5.02 Å². The zero-order valence-electron chi connectivity index (χ0n) is 14.1. The van der Waals surface area contributed by atoms with E-state index >= 15 is 0 Å². The predicted molar refractivity (Wildman–Crippen MR) is 93.4 cm³/mol. The summed E-state index contributed by atoms with van der Waals surface area (Å²) in [5.41, 5.74) is 1.12. The molecule has 0 amide bonds. The summed E-state index contributed by atoms with van der Waals surface area (Å²) in [6.07, 6.45) is 0. The first-order valence-corrected chi connectivity index (χ1v) is 7.96. The van der Waals surface area contributed by atoms with Crippen LogP contribution in [0.1, 0.15) is 16.2 Å². The fraction of sp³-hybridized carbons (Fsp3) is 0.167. The van der Waals surface area contributed by atoms with Gasteiger partial charge in [0.05, 0.1) is 19.8 Å². The summed E-state index contributed by atoms with van der Waals surface area (Å²) in [4.78, 5) is 15.9. The number of rotatable bonds is 6. The van der Waals surface area contributed by atoms with Crippen molar-refractivity contribution in [2.45, 2.75) is 6.61 Å². The number of hydrogen-bond donors (Lipinski definition) is 0. The summed E-state index contributed by atoms with van der Waals surface area (Å²) in [6, 6.07) is 11.8. The Hall–Kier alpha value is -3.06. The molecule has 3 aromatic rings. The monoisotopic (exact) mass is 374 g/mol. The average molecular weight is 375 g/mol. The van der Waals surface area contributed by atoms with Crippen LogP contribution in [0.3, 0.4) is 0 Å². The molecule has 0 radical (unpaired) electrons. The van der Waals surface area contributed by atoms with E-state index in [0.717, 1.165) is 5.56 Å². The number of carbonyl (C=O) groups is 1. The van der Waals surface area contributed by atoms with E-state index in [0.29, 0.717) is 33.8 Å². The van der Waals surface area contributed by atoms with Crippen molar-refractivity contribution >= 4 is 17.6 Å². The summed E-state index contributed by atoms with van der Waals surface area (Å²) >= 11 is 5.86. The van der Waals surface area contributed by atoms with Crippen molar-refractivity contribution in [3.8, 4) is 23.0 Å². The van der Waals surface area contributed by atoms with Crippen molar-refractivity contribution < 1.29 is 23.5 Å². The number of benzene rings is 2. The zero-order valence-corrected chi connectivity index (χ0v) is 14.8. The molecule has 0 aliphatic carbocycles. The standard InChI is InChI=1S/C18H15ClN2O5/c1-23-15-9-12(18(22)24-2)5-8-14(15)25-10-16-20-17(26-21-16)11-3-6-13(19)7-4-11/h3-9H,10H2,1-2H3. The number of esters is 1. The van der Waals surface area contributed by atoms with Gasteiger partial charge in [0.2, 0.25) is 5.82 Å². The van der Waals surface area contributed by atoms with Gasteiger partial charge in [-0.15, -0.1) is 0 Å². The molecule has 3 rings (SSSR count). The minimum Gasteiger partial charge on any atom is -0.493 e. The second kappa shape index (κ2) is 7.88. The van der Waals surface area contributed by atoms with Crippen molar-refractivity contribution in [3.05, 3.63) is 58.9 Å². The van der Waals surface area contributed by atoms with E-state index in [1.807, 2.05) is 0 Å². The molecule has 0 aliphatic rings. The molecule has 134 valence electrons. The quantitative estimate of drug-likeness (QED) is 0.607. The minimum atomic E-state index is -0.458. The van der Waals surface area contributed by atoms with Crippen LogP contribution in [-0.4, -0.2) is 30.3 Å².